The number of carboxylic acid groups (broad SMARTS) is 1. The van der Waals surface area contributed by atoms with Crippen molar-refractivity contribution in [2.24, 2.45) is 11.8 Å². The maximum absolute atomic E-state index is 11.2. The highest BCUT2D eigenvalue weighted by molar-refractivity contribution is 5.94. The number of hydrogen-bond donors (Lipinski definition) is 2. The predicted octanol–water partition coefficient (Wildman–Crippen LogP) is 4.32. The molecule has 1 saturated carbocycles. The first-order valence-corrected chi connectivity index (χ1v) is 7.64. The number of nitrogens with one attached hydrogen (secondary N) is 1. The van der Waals surface area contributed by atoms with Gasteiger partial charge in [0, 0.05) is 12.2 Å². The van der Waals surface area contributed by atoms with Gasteiger partial charge in [-0.2, -0.15) is 0 Å². The molecule has 0 bridgehead atoms. The molecule has 1 aliphatic rings. The number of carboxylic acids is 1. The second-order valence-electron chi connectivity index (χ2n) is 6.20. The average Bonchev–Trinajstić information content (AvgIpc) is 2.41. The third-order valence-corrected chi connectivity index (χ3v) is 4.41. The fourth-order valence-corrected chi connectivity index (χ4v) is 3.02. The van der Waals surface area contributed by atoms with Crippen LogP contribution >= 0.6 is 0 Å². The quantitative estimate of drug-likeness (QED) is 0.841. The summed E-state index contributed by atoms with van der Waals surface area (Å²) >= 11 is 0. The molecular weight excluding hydrogens is 250 g/mol. The maximum atomic E-state index is 11.2. The molecule has 20 heavy (non-hydrogen) atoms. The number of rotatable bonds is 5. The molecule has 3 nitrogen and oxygen atoms in total. The highest BCUT2D eigenvalue weighted by atomic mass is 16.4. The van der Waals surface area contributed by atoms with Crippen molar-refractivity contribution in [3.05, 3.63) is 29.3 Å². The van der Waals surface area contributed by atoms with Crippen LogP contribution in [0.25, 0.3) is 0 Å². The van der Waals surface area contributed by atoms with Crippen molar-refractivity contribution >= 4 is 11.7 Å². The van der Waals surface area contributed by atoms with Gasteiger partial charge in [0.05, 0.1) is 5.56 Å². The Labute approximate surface area is 121 Å². The number of benzene rings is 1. The second-order valence-corrected chi connectivity index (χ2v) is 6.20. The van der Waals surface area contributed by atoms with E-state index < -0.39 is 5.97 Å². The van der Waals surface area contributed by atoms with Gasteiger partial charge in [-0.1, -0.05) is 38.7 Å². The molecule has 0 amide bonds. The largest absolute Gasteiger partial charge is 0.478 e. The Morgan fingerprint density at radius 3 is 2.65 bits per heavy atom. The number of anilines is 1. The SMILES string of the molecule is Cc1ccc(C(=O)O)c(NCCC2CCC(C)CC2)c1. The molecule has 0 spiro atoms. The minimum Gasteiger partial charge on any atom is -0.478 e. The van der Waals surface area contributed by atoms with Crippen LogP contribution in [0.3, 0.4) is 0 Å². The van der Waals surface area contributed by atoms with E-state index in [9.17, 15) is 9.90 Å². The van der Waals surface area contributed by atoms with Crippen molar-refractivity contribution in [3.8, 4) is 0 Å². The van der Waals surface area contributed by atoms with E-state index in [2.05, 4.69) is 12.2 Å². The van der Waals surface area contributed by atoms with Crippen LogP contribution < -0.4 is 5.32 Å². The zero-order valence-electron chi connectivity index (χ0n) is 12.5. The zero-order valence-corrected chi connectivity index (χ0v) is 12.5. The minimum atomic E-state index is -0.862. The smallest absolute Gasteiger partial charge is 0.337 e. The van der Waals surface area contributed by atoms with Crippen LogP contribution in [0.15, 0.2) is 18.2 Å². The van der Waals surface area contributed by atoms with Crippen LogP contribution in [0.1, 0.15) is 54.9 Å². The lowest BCUT2D eigenvalue weighted by Gasteiger charge is -2.26. The lowest BCUT2D eigenvalue weighted by molar-refractivity contribution is 0.0698. The van der Waals surface area contributed by atoms with Crippen molar-refractivity contribution in [2.45, 2.75) is 46.0 Å². The molecule has 1 aromatic rings. The lowest BCUT2D eigenvalue weighted by Crippen LogP contribution is -2.16. The first-order valence-electron chi connectivity index (χ1n) is 7.64. The Hall–Kier alpha value is -1.51. The molecule has 1 aliphatic carbocycles. The number of carbonyl (C=O) groups is 1. The molecule has 1 fully saturated rings. The van der Waals surface area contributed by atoms with Crippen LogP contribution in [0, 0.1) is 18.8 Å². The van der Waals surface area contributed by atoms with Gasteiger partial charge in [0.2, 0.25) is 0 Å². The Morgan fingerprint density at radius 2 is 2.00 bits per heavy atom. The molecule has 3 heteroatoms. The molecule has 2 N–H and O–H groups in total. The summed E-state index contributed by atoms with van der Waals surface area (Å²) in [5, 5.41) is 12.5. The predicted molar refractivity (Wildman–Crippen MR) is 82.4 cm³/mol. The van der Waals surface area contributed by atoms with E-state index in [0.717, 1.165) is 36.1 Å². The first kappa shape index (κ1) is 14.9. The standard InChI is InChI=1S/C17H25NO2/c1-12-3-6-14(7-4-12)9-10-18-16-11-13(2)5-8-15(16)17(19)20/h5,8,11-12,14,18H,3-4,6-7,9-10H2,1-2H3,(H,19,20). The summed E-state index contributed by atoms with van der Waals surface area (Å²) in [6, 6.07) is 5.45. The molecule has 110 valence electrons. The van der Waals surface area contributed by atoms with Crippen LogP contribution in [0.2, 0.25) is 0 Å². The van der Waals surface area contributed by atoms with Crippen LogP contribution in [0.5, 0.6) is 0 Å². The Balaban J connectivity index is 1.87. The highest BCUT2D eigenvalue weighted by Crippen LogP contribution is 2.30. The van der Waals surface area contributed by atoms with Gasteiger partial charge in [0.25, 0.3) is 0 Å². The summed E-state index contributed by atoms with van der Waals surface area (Å²) in [5.74, 6) is 0.824. The van der Waals surface area contributed by atoms with E-state index in [1.807, 2.05) is 19.1 Å². The maximum Gasteiger partial charge on any atom is 0.337 e. The van der Waals surface area contributed by atoms with Gasteiger partial charge in [-0.15, -0.1) is 0 Å². The molecular formula is C17H25NO2. The topological polar surface area (TPSA) is 49.3 Å². The minimum absolute atomic E-state index is 0.368. The third-order valence-electron chi connectivity index (χ3n) is 4.41. The average molecular weight is 275 g/mol. The van der Waals surface area contributed by atoms with E-state index in [1.54, 1.807) is 6.07 Å². The number of hydrogen-bond acceptors (Lipinski definition) is 2. The third kappa shape index (κ3) is 3.99. The summed E-state index contributed by atoms with van der Waals surface area (Å²) in [7, 11) is 0. The molecule has 2 rings (SSSR count). The Kier molecular flexibility index (Phi) is 5.05. The van der Waals surface area contributed by atoms with Gasteiger partial charge in [-0.05, 0) is 42.9 Å². The van der Waals surface area contributed by atoms with Gasteiger partial charge in [-0.25, -0.2) is 4.79 Å². The molecule has 0 atom stereocenters. The summed E-state index contributed by atoms with van der Waals surface area (Å²) in [6.07, 6.45) is 6.47. The van der Waals surface area contributed by atoms with Crippen molar-refractivity contribution in [1.82, 2.24) is 0 Å². The normalized spacial score (nSPS) is 22.5. The first-order chi connectivity index (χ1) is 9.56. The monoisotopic (exact) mass is 275 g/mol. The van der Waals surface area contributed by atoms with Crippen molar-refractivity contribution in [3.63, 3.8) is 0 Å². The molecule has 1 aromatic carbocycles. The van der Waals surface area contributed by atoms with E-state index in [1.165, 1.54) is 25.7 Å². The van der Waals surface area contributed by atoms with Gasteiger partial charge in [-0.3, -0.25) is 0 Å². The lowest BCUT2D eigenvalue weighted by atomic mass is 9.81. The summed E-state index contributed by atoms with van der Waals surface area (Å²) < 4.78 is 0. The highest BCUT2D eigenvalue weighted by Gasteiger charge is 2.18. The fraction of sp³-hybridized carbons (Fsp3) is 0.588. The molecule has 0 unspecified atom stereocenters. The van der Waals surface area contributed by atoms with Crippen molar-refractivity contribution in [1.29, 1.82) is 0 Å². The number of aromatic carboxylic acids is 1. The molecule has 0 saturated heterocycles. The zero-order chi connectivity index (χ0) is 14.5. The van der Waals surface area contributed by atoms with E-state index >= 15 is 0 Å². The Morgan fingerprint density at radius 1 is 1.30 bits per heavy atom. The van der Waals surface area contributed by atoms with Crippen LogP contribution in [-0.4, -0.2) is 17.6 Å². The van der Waals surface area contributed by atoms with E-state index in [0.29, 0.717) is 5.56 Å². The summed E-state index contributed by atoms with van der Waals surface area (Å²) in [4.78, 5) is 11.2. The van der Waals surface area contributed by atoms with Crippen LogP contribution in [-0.2, 0) is 0 Å². The molecule has 0 heterocycles. The van der Waals surface area contributed by atoms with Crippen LogP contribution in [0.4, 0.5) is 5.69 Å². The Bertz CT molecular complexity index is 462. The molecule has 0 aromatic heterocycles. The van der Waals surface area contributed by atoms with Gasteiger partial charge < -0.3 is 10.4 Å². The second kappa shape index (κ2) is 6.78. The van der Waals surface area contributed by atoms with E-state index in [4.69, 9.17) is 0 Å². The molecule has 0 aliphatic heterocycles. The van der Waals surface area contributed by atoms with Gasteiger partial charge in [0.15, 0.2) is 0 Å². The van der Waals surface area contributed by atoms with E-state index in [-0.39, 0.29) is 0 Å². The summed E-state index contributed by atoms with van der Waals surface area (Å²) in [6.45, 7) is 5.18. The molecule has 0 radical (unpaired) electrons. The van der Waals surface area contributed by atoms with Gasteiger partial charge in [0.1, 0.15) is 0 Å². The van der Waals surface area contributed by atoms with Gasteiger partial charge >= 0.3 is 5.97 Å². The van der Waals surface area contributed by atoms with Crippen molar-refractivity contribution < 1.29 is 9.90 Å². The van der Waals surface area contributed by atoms with Crippen molar-refractivity contribution in [2.75, 3.05) is 11.9 Å². The summed E-state index contributed by atoms with van der Waals surface area (Å²) in [5.41, 5.74) is 2.21. The number of aryl methyl sites for hydroxylation is 1. The fourth-order valence-electron chi connectivity index (χ4n) is 3.02.